The molecular formula is C25H24ClIN2O3. The highest BCUT2D eigenvalue weighted by Crippen LogP contribution is 2.36. The number of halogens is 2. The van der Waals surface area contributed by atoms with Crippen LogP contribution >= 0.6 is 34.2 Å². The monoisotopic (exact) mass is 562 g/mol. The van der Waals surface area contributed by atoms with Crippen molar-refractivity contribution >= 4 is 51.8 Å². The summed E-state index contributed by atoms with van der Waals surface area (Å²) >= 11 is 8.79. The molecule has 3 aromatic rings. The molecule has 0 aliphatic carbocycles. The summed E-state index contributed by atoms with van der Waals surface area (Å²) < 4.78 is 18.1. The molecule has 0 bridgehead atoms. The van der Waals surface area contributed by atoms with E-state index in [1.807, 2.05) is 48.5 Å². The SMILES string of the molecule is COc1cc(C=Nc2ccc(N3CCOCC3)cc2)cc(Cl)c1OCc1ccc(I)cc1. The Morgan fingerprint density at radius 1 is 1.06 bits per heavy atom. The normalized spacial score (nSPS) is 14.0. The van der Waals surface area contributed by atoms with E-state index in [1.165, 1.54) is 9.26 Å². The zero-order chi connectivity index (χ0) is 22.3. The minimum atomic E-state index is 0.413. The molecule has 166 valence electrons. The number of methoxy groups -OCH3 is 1. The Bertz CT molecular complexity index is 1070. The van der Waals surface area contributed by atoms with Gasteiger partial charge in [0.2, 0.25) is 0 Å². The highest BCUT2D eigenvalue weighted by Gasteiger charge is 2.13. The van der Waals surface area contributed by atoms with Crippen molar-refractivity contribution in [3.63, 3.8) is 0 Å². The fraction of sp³-hybridized carbons (Fsp3) is 0.240. The second-order valence-electron chi connectivity index (χ2n) is 7.32. The fourth-order valence-corrected chi connectivity index (χ4v) is 4.04. The summed E-state index contributed by atoms with van der Waals surface area (Å²) in [6.07, 6.45) is 1.78. The topological polar surface area (TPSA) is 43.3 Å². The first-order valence-electron chi connectivity index (χ1n) is 10.3. The van der Waals surface area contributed by atoms with Crippen molar-refractivity contribution in [2.75, 3.05) is 38.3 Å². The number of aliphatic imine (C=N–C) groups is 1. The Kier molecular flexibility index (Phi) is 7.89. The first kappa shape index (κ1) is 22.9. The van der Waals surface area contributed by atoms with Crippen LogP contribution in [0.2, 0.25) is 5.02 Å². The second-order valence-corrected chi connectivity index (χ2v) is 8.98. The summed E-state index contributed by atoms with van der Waals surface area (Å²) in [5.74, 6) is 1.10. The zero-order valence-electron chi connectivity index (χ0n) is 17.8. The molecule has 0 spiro atoms. The molecule has 3 aromatic carbocycles. The minimum Gasteiger partial charge on any atom is -0.493 e. The predicted octanol–water partition coefficient (Wildman–Crippen LogP) is 6.12. The van der Waals surface area contributed by atoms with Crippen LogP contribution in [-0.2, 0) is 11.3 Å². The van der Waals surface area contributed by atoms with Crippen LogP contribution in [-0.4, -0.2) is 39.6 Å². The molecule has 7 heteroatoms. The van der Waals surface area contributed by atoms with Crippen LogP contribution in [0.4, 0.5) is 11.4 Å². The van der Waals surface area contributed by atoms with Crippen LogP contribution in [0, 0.1) is 3.57 Å². The standard InChI is InChI=1S/C25H24ClIN2O3/c1-30-24-15-19(14-23(26)25(24)32-17-18-2-4-20(27)5-3-18)16-28-21-6-8-22(9-7-21)29-10-12-31-13-11-29/h2-9,14-16H,10-13,17H2,1H3. The fourth-order valence-electron chi connectivity index (χ4n) is 3.41. The van der Waals surface area contributed by atoms with Gasteiger partial charge >= 0.3 is 0 Å². The Labute approximate surface area is 207 Å². The number of morpholine rings is 1. The van der Waals surface area contributed by atoms with Crippen molar-refractivity contribution in [2.24, 2.45) is 4.99 Å². The predicted molar refractivity (Wildman–Crippen MR) is 138 cm³/mol. The van der Waals surface area contributed by atoms with E-state index in [0.717, 1.165) is 43.1 Å². The van der Waals surface area contributed by atoms with Gasteiger partial charge in [-0.05, 0) is 82.2 Å². The number of anilines is 1. The third-order valence-corrected chi connectivity index (χ3v) is 6.14. The summed E-state index contributed by atoms with van der Waals surface area (Å²) in [6, 6.07) is 20.1. The lowest BCUT2D eigenvalue weighted by Crippen LogP contribution is -2.36. The molecule has 0 N–H and O–H groups in total. The summed E-state index contributed by atoms with van der Waals surface area (Å²) in [5, 5.41) is 0.485. The lowest BCUT2D eigenvalue weighted by atomic mass is 10.2. The molecule has 0 aromatic heterocycles. The maximum atomic E-state index is 6.51. The largest absolute Gasteiger partial charge is 0.493 e. The molecule has 1 saturated heterocycles. The van der Waals surface area contributed by atoms with Gasteiger partial charge < -0.3 is 19.1 Å². The van der Waals surface area contributed by atoms with E-state index < -0.39 is 0 Å². The molecule has 4 rings (SSSR count). The van der Waals surface area contributed by atoms with E-state index in [1.54, 1.807) is 13.3 Å². The second kappa shape index (κ2) is 11.0. The van der Waals surface area contributed by atoms with Gasteiger partial charge in [0.05, 0.1) is 31.0 Å². The van der Waals surface area contributed by atoms with Crippen molar-refractivity contribution in [2.45, 2.75) is 6.61 Å². The quantitative estimate of drug-likeness (QED) is 0.257. The number of ether oxygens (including phenoxy) is 3. The summed E-state index contributed by atoms with van der Waals surface area (Å²) in [4.78, 5) is 6.90. The van der Waals surface area contributed by atoms with E-state index in [0.29, 0.717) is 23.1 Å². The number of nitrogens with zero attached hydrogens (tertiary/aromatic N) is 2. The highest BCUT2D eigenvalue weighted by atomic mass is 127. The smallest absolute Gasteiger partial charge is 0.180 e. The van der Waals surface area contributed by atoms with Crippen molar-refractivity contribution in [1.29, 1.82) is 0 Å². The maximum Gasteiger partial charge on any atom is 0.180 e. The highest BCUT2D eigenvalue weighted by molar-refractivity contribution is 14.1. The third kappa shape index (κ3) is 5.94. The van der Waals surface area contributed by atoms with Crippen molar-refractivity contribution in [1.82, 2.24) is 0 Å². The van der Waals surface area contributed by atoms with E-state index in [-0.39, 0.29) is 0 Å². The molecule has 0 amide bonds. The van der Waals surface area contributed by atoms with Crippen LogP contribution in [0.25, 0.3) is 0 Å². The Morgan fingerprint density at radius 3 is 2.47 bits per heavy atom. The Balaban J connectivity index is 1.44. The van der Waals surface area contributed by atoms with E-state index in [2.05, 4.69) is 44.6 Å². The lowest BCUT2D eigenvalue weighted by molar-refractivity contribution is 0.122. The van der Waals surface area contributed by atoms with Gasteiger partial charge in [0, 0.05) is 28.6 Å². The van der Waals surface area contributed by atoms with Crippen LogP contribution < -0.4 is 14.4 Å². The molecular weight excluding hydrogens is 539 g/mol. The average molecular weight is 563 g/mol. The van der Waals surface area contributed by atoms with Crippen LogP contribution in [0.1, 0.15) is 11.1 Å². The molecule has 1 heterocycles. The van der Waals surface area contributed by atoms with Gasteiger partial charge in [0.15, 0.2) is 11.5 Å². The molecule has 1 fully saturated rings. The summed E-state index contributed by atoms with van der Waals surface area (Å²) in [6.45, 7) is 3.79. The molecule has 0 atom stereocenters. The van der Waals surface area contributed by atoms with Crippen molar-refractivity contribution in [3.8, 4) is 11.5 Å². The summed E-state index contributed by atoms with van der Waals surface area (Å²) in [7, 11) is 1.61. The molecule has 5 nitrogen and oxygen atoms in total. The van der Waals surface area contributed by atoms with Crippen LogP contribution in [0.5, 0.6) is 11.5 Å². The Hall–Kier alpha value is -2.29. The zero-order valence-corrected chi connectivity index (χ0v) is 20.7. The minimum absolute atomic E-state index is 0.413. The average Bonchev–Trinajstić information content (AvgIpc) is 2.83. The van der Waals surface area contributed by atoms with Gasteiger partial charge in [-0.3, -0.25) is 4.99 Å². The Morgan fingerprint density at radius 2 is 1.78 bits per heavy atom. The molecule has 1 aliphatic rings. The van der Waals surface area contributed by atoms with Gasteiger partial charge in [0.1, 0.15) is 6.61 Å². The lowest BCUT2D eigenvalue weighted by Gasteiger charge is -2.28. The number of benzene rings is 3. The first-order valence-corrected chi connectivity index (χ1v) is 11.8. The van der Waals surface area contributed by atoms with E-state index in [9.17, 15) is 0 Å². The molecule has 1 aliphatic heterocycles. The van der Waals surface area contributed by atoms with E-state index >= 15 is 0 Å². The number of hydrogen-bond donors (Lipinski definition) is 0. The van der Waals surface area contributed by atoms with Crippen LogP contribution in [0.15, 0.2) is 65.7 Å². The maximum absolute atomic E-state index is 6.51. The van der Waals surface area contributed by atoms with E-state index in [4.69, 9.17) is 25.8 Å². The molecule has 32 heavy (non-hydrogen) atoms. The van der Waals surface area contributed by atoms with Crippen molar-refractivity contribution < 1.29 is 14.2 Å². The van der Waals surface area contributed by atoms with Gasteiger partial charge in [-0.2, -0.15) is 0 Å². The molecule has 0 saturated carbocycles. The van der Waals surface area contributed by atoms with Gasteiger partial charge in [-0.15, -0.1) is 0 Å². The number of hydrogen-bond acceptors (Lipinski definition) is 5. The van der Waals surface area contributed by atoms with Crippen LogP contribution in [0.3, 0.4) is 0 Å². The molecule has 0 radical (unpaired) electrons. The van der Waals surface area contributed by atoms with Gasteiger partial charge in [-0.1, -0.05) is 23.7 Å². The third-order valence-electron chi connectivity index (χ3n) is 5.14. The first-order chi connectivity index (χ1) is 15.6. The summed E-state index contributed by atoms with van der Waals surface area (Å²) in [5.41, 5.74) is 3.96. The van der Waals surface area contributed by atoms with Gasteiger partial charge in [-0.25, -0.2) is 0 Å². The van der Waals surface area contributed by atoms with Gasteiger partial charge in [0.25, 0.3) is 0 Å². The molecule has 0 unspecified atom stereocenters. The van der Waals surface area contributed by atoms with Crippen molar-refractivity contribution in [3.05, 3.63) is 80.4 Å². The number of rotatable bonds is 7.